The Hall–Kier alpha value is -1.87. The van der Waals surface area contributed by atoms with Gasteiger partial charge in [0.15, 0.2) is 0 Å². The molecule has 0 aliphatic rings. The predicted molar refractivity (Wildman–Crippen MR) is 70.0 cm³/mol. The molecule has 2 aromatic rings. The first kappa shape index (κ1) is 13.6. The van der Waals surface area contributed by atoms with Gasteiger partial charge >= 0.3 is 5.97 Å². The Morgan fingerprint density at radius 3 is 2.68 bits per heavy atom. The molecule has 2 heterocycles. The van der Waals surface area contributed by atoms with Crippen molar-refractivity contribution in [2.24, 2.45) is 7.05 Å². The maximum Gasteiger partial charge on any atom is 0.345 e. The lowest BCUT2D eigenvalue weighted by atomic mass is 10.4. The number of anilines is 1. The minimum Gasteiger partial charge on any atom is -0.477 e. The van der Waals surface area contributed by atoms with Crippen LogP contribution in [0.5, 0.6) is 0 Å². The number of aryl methyl sites for hydroxylation is 2. The van der Waals surface area contributed by atoms with Crippen molar-refractivity contribution in [2.45, 2.75) is 11.8 Å². The van der Waals surface area contributed by atoms with Crippen LogP contribution >= 0.6 is 11.3 Å². The van der Waals surface area contributed by atoms with Crippen LogP contribution in [0, 0.1) is 6.92 Å². The van der Waals surface area contributed by atoms with Crippen LogP contribution < -0.4 is 4.72 Å². The summed E-state index contributed by atoms with van der Waals surface area (Å²) in [4.78, 5) is 11.2. The van der Waals surface area contributed by atoms with Crippen LogP contribution in [0.4, 0.5) is 5.69 Å². The van der Waals surface area contributed by atoms with Crippen molar-refractivity contribution in [2.75, 3.05) is 4.72 Å². The molecule has 2 aromatic heterocycles. The summed E-state index contributed by atoms with van der Waals surface area (Å²) in [5.74, 6) is -1.14. The Labute approximate surface area is 113 Å². The number of sulfonamides is 1. The third kappa shape index (κ3) is 2.76. The molecule has 0 bridgehead atoms. The SMILES string of the molecule is Cc1sc(C(=O)O)cc1S(=O)(=O)Nc1cnn(C)c1. The predicted octanol–water partition coefficient (Wildman–Crippen LogP) is 1.29. The van der Waals surface area contributed by atoms with Crippen LogP contribution in [-0.4, -0.2) is 29.3 Å². The van der Waals surface area contributed by atoms with Gasteiger partial charge in [0.25, 0.3) is 10.0 Å². The number of carbonyl (C=O) groups is 1. The number of nitrogens with zero attached hydrogens (tertiary/aromatic N) is 2. The molecule has 2 rings (SSSR count). The zero-order chi connectivity index (χ0) is 14.2. The van der Waals surface area contributed by atoms with Gasteiger partial charge in [-0.2, -0.15) is 5.10 Å². The number of carboxylic acid groups (broad SMARTS) is 1. The van der Waals surface area contributed by atoms with Crippen molar-refractivity contribution in [1.29, 1.82) is 0 Å². The highest BCUT2D eigenvalue weighted by atomic mass is 32.2. The zero-order valence-electron chi connectivity index (χ0n) is 10.1. The fourth-order valence-corrected chi connectivity index (χ4v) is 3.98. The van der Waals surface area contributed by atoms with E-state index in [1.807, 2.05) is 0 Å². The molecule has 7 nitrogen and oxygen atoms in total. The fraction of sp³-hybridized carbons (Fsp3) is 0.200. The van der Waals surface area contributed by atoms with E-state index in [0.29, 0.717) is 10.6 Å². The minimum atomic E-state index is -3.80. The van der Waals surface area contributed by atoms with Gasteiger partial charge in [-0.3, -0.25) is 9.40 Å². The standard InChI is InChI=1S/C10H11N3O4S2/c1-6-9(3-8(18-6)10(14)15)19(16,17)12-7-4-11-13(2)5-7/h3-5,12H,1-2H3,(H,14,15). The second kappa shape index (κ2) is 4.67. The topological polar surface area (TPSA) is 101 Å². The van der Waals surface area contributed by atoms with Gasteiger partial charge in [-0.1, -0.05) is 0 Å². The van der Waals surface area contributed by atoms with Crippen LogP contribution in [-0.2, 0) is 17.1 Å². The van der Waals surface area contributed by atoms with Crippen LogP contribution in [0.2, 0.25) is 0 Å². The molecule has 0 spiro atoms. The monoisotopic (exact) mass is 301 g/mol. The van der Waals surface area contributed by atoms with E-state index in [9.17, 15) is 13.2 Å². The van der Waals surface area contributed by atoms with E-state index < -0.39 is 16.0 Å². The largest absolute Gasteiger partial charge is 0.477 e. The van der Waals surface area contributed by atoms with E-state index >= 15 is 0 Å². The summed E-state index contributed by atoms with van der Waals surface area (Å²) in [6.07, 6.45) is 2.88. The summed E-state index contributed by atoms with van der Waals surface area (Å²) in [7, 11) is -2.14. The first-order chi connectivity index (χ1) is 8.79. The second-order valence-electron chi connectivity index (χ2n) is 3.84. The van der Waals surface area contributed by atoms with Crippen molar-refractivity contribution < 1.29 is 18.3 Å². The van der Waals surface area contributed by atoms with Gasteiger partial charge in [0.2, 0.25) is 0 Å². The lowest BCUT2D eigenvalue weighted by Crippen LogP contribution is -2.12. The minimum absolute atomic E-state index is 0.0101. The third-order valence-corrected chi connectivity index (χ3v) is 5.00. The Balaban J connectivity index is 2.37. The molecule has 0 aromatic carbocycles. The molecule has 0 fully saturated rings. The Morgan fingerprint density at radius 2 is 2.21 bits per heavy atom. The number of hydrogen-bond acceptors (Lipinski definition) is 5. The van der Waals surface area contributed by atoms with Crippen LogP contribution in [0.15, 0.2) is 23.4 Å². The second-order valence-corrected chi connectivity index (χ2v) is 6.75. The summed E-state index contributed by atoms with van der Waals surface area (Å²) < 4.78 is 28.1. The number of aromatic nitrogens is 2. The van der Waals surface area contributed by atoms with Gasteiger partial charge in [0.05, 0.1) is 11.9 Å². The highest BCUT2D eigenvalue weighted by Gasteiger charge is 2.22. The van der Waals surface area contributed by atoms with E-state index in [1.165, 1.54) is 17.1 Å². The van der Waals surface area contributed by atoms with Crippen molar-refractivity contribution in [3.8, 4) is 0 Å². The quantitative estimate of drug-likeness (QED) is 0.886. The molecular weight excluding hydrogens is 290 g/mol. The highest BCUT2D eigenvalue weighted by Crippen LogP contribution is 2.27. The smallest absolute Gasteiger partial charge is 0.345 e. The molecule has 0 saturated heterocycles. The number of aromatic carboxylic acids is 1. The van der Waals surface area contributed by atoms with E-state index in [0.717, 1.165) is 17.4 Å². The zero-order valence-corrected chi connectivity index (χ0v) is 11.7. The average Bonchev–Trinajstić information content (AvgIpc) is 2.85. The Bertz CT molecular complexity index is 730. The average molecular weight is 301 g/mol. The first-order valence-electron chi connectivity index (χ1n) is 5.15. The molecule has 0 unspecified atom stereocenters. The van der Waals surface area contributed by atoms with Crippen LogP contribution in [0.1, 0.15) is 14.5 Å². The van der Waals surface area contributed by atoms with Crippen molar-refractivity contribution in [3.63, 3.8) is 0 Å². The Morgan fingerprint density at radius 1 is 1.53 bits per heavy atom. The van der Waals surface area contributed by atoms with Gasteiger partial charge < -0.3 is 5.11 Å². The molecule has 9 heteroatoms. The summed E-state index contributed by atoms with van der Waals surface area (Å²) in [6.45, 7) is 1.56. The molecule has 19 heavy (non-hydrogen) atoms. The molecular formula is C10H11N3O4S2. The van der Waals surface area contributed by atoms with E-state index in [1.54, 1.807) is 14.0 Å². The molecule has 2 N–H and O–H groups in total. The van der Waals surface area contributed by atoms with Gasteiger partial charge in [-0.05, 0) is 13.0 Å². The fourth-order valence-electron chi connectivity index (χ4n) is 1.52. The van der Waals surface area contributed by atoms with Crippen molar-refractivity contribution in [1.82, 2.24) is 9.78 Å². The van der Waals surface area contributed by atoms with Gasteiger partial charge in [-0.25, -0.2) is 13.2 Å². The van der Waals surface area contributed by atoms with Gasteiger partial charge in [-0.15, -0.1) is 11.3 Å². The van der Waals surface area contributed by atoms with Crippen LogP contribution in [0.25, 0.3) is 0 Å². The molecule has 0 amide bonds. The highest BCUT2D eigenvalue weighted by molar-refractivity contribution is 7.93. The summed E-state index contributed by atoms with van der Waals surface area (Å²) in [5.41, 5.74) is 0.324. The van der Waals surface area contributed by atoms with E-state index in [2.05, 4.69) is 9.82 Å². The number of thiophene rings is 1. The first-order valence-corrected chi connectivity index (χ1v) is 7.45. The number of rotatable bonds is 4. The number of hydrogen-bond donors (Lipinski definition) is 2. The normalized spacial score (nSPS) is 11.5. The third-order valence-electron chi connectivity index (χ3n) is 2.33. The molecule has 0 saturated carbocycles. The maximum atomic E-state index is 12.1. The molecule has 0 aliphatic heterocycles. The molecule has 0 radical (unpaired) electrons. The van der Waals surface area contributed by atoms with Crippen molar-refractivity contribution in [3.05, 3.63) is 28.2 Å². The lowest BCUT2D eigenvalue weighted by molar-refractivity contribution is 0.0702. The molecule has 0 atom stereocenters. The molecule has 102 valence electrons. The van der Waals surface area contributed by atoms with Gasteiger partial charge in [0.1, 0.15) is 9.77 Å². The number of nitrogens with one attached hydrogen (secondary N) is 1. The van der Waals surface area contributed by atoms with E-state index in [-0.39, 0.29) is 9.77 Å². The maximum absolute atomic E-state index is 12.1. The Kier molecular flexibility index (Phi) is 3.33. The summed E-state index contributed by atoms with van der Waals surface area (Å²) >= 11 is 0.926. The van der Waals surface area contributed by atoms with Crippen LogP contribution in [0.3, 0.4) is 0 Å². The lowest BCUT2D eigenvalue weighted by Gasteiger charge is -2.04. The number of carboxylic acids is 1. The summed E-state index contributed by atoms with van der Waals surface area (Å²) in [6, 6.07) is 1.15. The molecule has 0 aliphatic carbocycles. The van der Waals surface area contributed by atoms with Crippen molar-refractivity contribution >= 4 is 33.0 Å². The van der Waals surface area contributed by atoms with E-state index in [4.69, 9.17) is 5.11 Å². The summed E-state index contributed by atoms with van der Waals surface area (Å²) in [5, 5.41) is 12.7. The van der Waals surface area contributed by atoms with Gasteiger partial charge in [0, 0.05) is 18.1 Å².